The Hall–Kier alpha value is -10.4. The maximum Gasteiger partial charge on any atom is 0.194 e. The molecule has 0 saturated carbocycles. The SMILES string of the molecule is Cc1ccc(C2(c3ccc(C)cc3)c3cc4c(cc3-c3sc5cc(C6=NC7SC(/C=C8\C(=O)c9ccccc9C8=C(C#N)C#N)=NC7S6)sc5c32)C(c2ccc(C)cc2)(c2ccc(C)cc2)c2c-4sc3c2sc2cc(-c4nc5sc(/C=C6\C(=O)c7ccccc7C6=C(C#N)C#N)nc5s4)sc23)cc1. The predicted octanol–water partition coefficient (Wildman–Crippen LogP) is 22.1. The van der Waals surface area contributed by atoms with E-state index in [0.29, 0.717) is 49.0 Å². The second-order valence-electron chi connectivity index (χ2n) is 26.3. The molecule has 486 valence electrons. The molecule has 9 heterocycles. The van der Waals surface area contributed by atoms with Crippen LogP contribution >= 0.6 is 103 Å². The molecule has 4 aliphatic carbocycles. The van der Waals surface area contributed by atoms with E-state index in [1.54, 1.807) is 77.7 Å². The first-order chi connectivity index (χ1) is 50.2. The first-order valence-electron chi connectivity index (χ1n) is 32.9. The summed E-state index contributed by atoms with van der Waals surface area (Å²) in [5.74, 6) is -0.466. The van der Waals surface area contributed by atoms with E-state index in [0.717, 1.165) is 29.5 Å². The lowest BCUT2D eigenvalue weighted by molar-refractivity contribution is 0.103. The van der Waals surface area contributed by atoms with Crippen LogP contribution in [0.25, 0.3) is 85.8 Å². The van der Waals surface area contributed by atoms with Gasteiger partial charge in [0.2, 0.25) is 0 Å². The van der Waals surface area contributed by atoms with Crippen molar-refractivity contribution in [2.75, 3.05) is 0 Å². The van der Waals surface area contributed by atoms with Gasteiger partial charge in [-0.2, -0.15) is 21.0 Å². The van der Waals surface area contributed by atoms with Gasteiger partial charge in [0.1, 0.15) is 61.2 Å². The van der Waals surface area contributed by atoms with Crippen LogP contribution in [0, 0.1) is 73.0 Å². The summed E-state index contributed by atoms with van der Waals surface area (Å²) in [5.41, 5.74) is 18.9. The highest BCUT2D eigenvalue weighted by Crippen LogP contribution is 2.69. The van der Waals surface area contributed by atoms with E-state index in [1.165, 1.54) is 150 Å². The molecular formula is C84H44N8O2S9. The number of Topliss-reactive ketones (excluding diaryl/α,β-unsaturated/α-hetero) is 2. The highest BCUT2D eigenvalue weighted by molar-refractivity contribution is 8.20. The number of nitrogens with zero attached hydrogens (tertiary/aromatic N) is 8. The smallest absolute Gasteiger partial charge is 0.194 e. The highest BCUT2D eigenvalue weighted by atomic mass is 32.2. The fourth-order valence-corrected chi connectivity index (χ4v) is 27.7. The maximum atomic E-state index is 13.9. The molecule has 7 aromatic carbocycles. The molecule has 0 spiro atoms. The summed E-state index contributed by atoms with van der Waals surface area (Å²) in [7, 11) is 0. The molecule has 14 aromatic rings. The summed E-state index contributed by atoms with van der Waals surface area (Å²) in [5, 5.41) is 42.6. The summed E-state index contributed by atoms with van der Waals surface area (Å²) in [6, 6.07) is 69.2. The van der Waals surface area contributed by atoms with Crippen molar-refractivity contribution in [2.45, 2.75) is 49.3 Å². The molecule has 2 atom stereocenters. The average Bonchev–Trinajstić information content (AvgIpc) is 1.49. The van der Waals surface area contributed by atoms with Gasteiger partial charge in [0.05, 0.1) is 44.4 Å². The Kier molecular flexibility index (Phi) is 14.0. The lowest BCUT2D eigenvalue weighted by Gasteiger charge is -2.35. The Morgan fingerprint density at radius 3 is 1.40 bits per heavy atom. The molecule has 2 unspecified atom stereocenters. The number of allylic oxidation sites excluding steroid dienone is 6. The monoisotopic (exact) mass is 1480 g/mol. The van der Waals surface area contributed by atoms with Crippen molar-refractivity contribution in [1.82, 2.24) is 9.97 Å². The summed E-state index contributed by atoms with van der Waals surface area (Å²) < 4.78 is 7.41. The minimum Gasteiger partial charge on any atom is -0.289 e. The number of thiazole rings is 2. The molecular weight excluding hydrogens is 1440 g/mol. The molecule has 19 heteroatoms. The van der Waals surface area contributed by atoms with Gasteiger partial charge in [0.25, 0.3) is 0 Å². The van der Waals surface area contributed by atoms with Gasteiger partial charge in [-0.15, -0.1) is 56.7 Å². The number of rotatable bonds is 8. The lowest BCUT2D eigenvalue weighted by Crippen LogP contribution is -2.30. The molecule has 0 amide bonds. The van der Waals surface area contributed by atoms with Gasteiger partial charge in [0, 0.05) is 63.7 Å². The number of thioether (sulfide) groups is 2. The second kappa shape index (κ2) is 23.1. The molecule has 0 bridgehead atoms. The molecule has 103 heavy (non-hydrogen) atoms. The fourth-order valence-electron chi connectivity index (χ4n) is 15.9. The van der Waals surface area contributed by atoms with Crippen molar-refractivity contribution in [3.63, 3.8) is 0 Å². The number of carbonyl (C=O) groups excluding carboxylic acids is 2. The maximum absolute atomic E-state index is 13.9. The number of aliphatic imine (C=N–C) groups is 2. The third kappa shape index (κ3) is 8.90. The summed E-state index contributed by atoms with van der Waals surface area (Å²) in [6.45, 7) is 8.66. The number of benzene rings is 7. The van der Waals surface area contributed by atoms with Crippen LogP contribution in [0.3, 0.4) is 0 Å². The fraction of sp³-hybridized carbons (Fsp3) is 0.0952. The third-order valence-corrected chi connectivity index (χ3v) is 31.6. The average molecular weight is 1490 g/mol. The first kappa shape index (κ1) is 62.4. The van der Waals surface area contributed by atoms with Crippen LogP contribution < -0.4 is 0 Å². The first-order valence-corrected chi connectivity index (χ1v) is 40.4. The standard InChI is InChI=1S/C84H44N8O2S9/c1-39-13-21-45(22-14-39)83(46-23-15-40(2)16-24-46)57-30-54-58(29-53(57)71-67(83)73-59(95-71)33-61(97-73)77-91-81-79(102-77)89-63(99-81)31-55-65(43(35-85)36-86)49-9-5-7-11-51(49)69(55)93)84(47-25-17-41(3)18-26-47,48-27-19-42(4)20-28-48)68-72(54)101-76-74-60(96-75(68)76)34-62(98-74)78-92-82-80(103-78)90-64(100-82)32-56-66(44(37-87)38-88)50-10-6-8-12-52(50)70(56)94/h5-34,79,81H,1-4H3/b55-31-,56-32-. The molecule has 7 aromatic heterocycles. The summed E-state index contributed by atoms with van der Waals surface area (Å²) in [6.07, 6.45) is 3.45. The highest BCUT2D eigenvalue weighted by Gasteiger charge is 2.55. The minimum atomic E-state index is -0.748. The molecule has 0 fully saturated rings. The van der Waals surface area contributed by atoms with E-state index in [1.807, 2.05) is 75.7 Å². The van der Waals surface area contributed by atoms with Gasteiger partial charge in [0.15, 0.2) is 21.2 Å². The summed E-state index contributed by atoms with van der Waals surface area (Å²) >= 11 is 15.3. The van der Waals surface area contributed by atoms with Crippen molar-refractivity contribution in [3.8, 4) is 55.0 Å². The zero-order valence-corrected chi connectivity index (χ0v) is 61.9. The topological polar surface area (TPSA) is 180 Å². The lowest BCUT2D eigenvalue weighted by atomic mass is 9.65. The number of carbonyl (C=O) groups is 2. The molecule has 6 aliphatic rings. The van der Waals surface area contributed by atoms with Gasteiger partial charge < -0.3 is 0 Å². The van der Waals surface area contributed by atoms with Crippen LogP contribution in [0.15, 0.2) is 208 Å². The summed E-state index contributed by atoms with van der Waals surface area (Å²) in [4.78, 5) is 54.7. The zero-order chi connectivity index (χ0) is 69.6. The second-order valence-corrected chi connectivity index (χ2v) is 35.8. The van der Waals surface area contributed by atoms with Gasteiger partial charge in [-0.1, -0.05) is 214 Å². The molecule has 10 nitrogen and oxygen atoms in total. The zero-order valence-electron chi connectivity index (χ0n) is 54.5. The Balaban J connectivity index is 0.737. The van der Waals surface area contributed by atoms with Crippen molar-refractivity contribution >= 4 is 180 Å². The number of hydrogen-bond acceptors (Lipinski definition) is 19. The van der Waals surface area contributed by atoms with Crippen molar-refractivity contribution in [3.05, 3.63) is 297 Å². The number of ketones is 2. The van der Waals surface area contributed by atoms with Gasteiger partial charge >= 0.3 is 0 Å². The van der Waals surface area contributed by atoms with Crippen LogP contribution in [0.1, 0.15) is 108 Å². The van der Waals surface area contributed by atoms with Crippen LogP contribution in [0.2, 0.25) is 0 Å². The Labute approximate surface area is 625 Å². The predicted molar refractivity (Wildman–Crippen MR) is 427 cm³/mol. The molecule has 2 aliphatic heterocycles. The van der Waals surface area contributed by atoms with Crippen molar-refractivity contribution < 1.29 is 9.59 Å². The van der Waals surface area contributed by atoms with Gasteiger partial charge in [-0.3, -0.25) is 19.6 Å². The van der Waals surface area contributed by atoms with Gasteiger partial charge in [-0.25, -0.2) is 9.97 Å². The molecule has 0 radical (unpaired) electrons. The van der Waals surface area contributed by atoms with E-state index in [4.69, 9.17) is 20.0 Å². The number of aryl methyl sites for hydroxylation is 4. The quantitative estimate of drug-likeness (QED) is 0.105. The Morgan fingerprint density at radius 1 is 0.427 bits per heavy atom. The third-order valence-electron chi connectivity index (χ3n) is 20.5. The number of fused-ring (bicyclic) bond motifs is 16. The van der Waals surface area contributed by atoms with E-state index >= 15 is 0 Å². The van der Waals surface area contributed by atoms with Gasteiger partial charge in [-0.05, 0) is 120 Å². The number of thiophene rings is 5. The van der Waals surface area contributed by atoms with Crippen molar-refractivity contribution in [1.29, 1.82) is 21.0 Å². The van der Waals surface area contributed by atoms with Crippen LogP contribution in [0.5, 0.6) is 0 Å². The van der Waals surface area contributed by atoms with Crippen molar-refractivity contribution in [2.24, 2.45) is 9.98 Å². The normalized spacial score (nSPS) is 17.7. The number of aromatic nitrogens is 2. The molecule has 20 rings (SSSR count). The minimum absolute atomic E-state index is 0.101. The molecule has 0 N–H and O–H groups in total. The number of nitriles is 4. The van der Waals surface area contributed by atoms with E-state index in [9.17, 15) is 30.6 Å². The number of hydrogen-bond donors (Lipinski definition) is 0. The van der Waals surface area contributed by atoms with Crippen LogP contribution in [-0.4, -0.2) is 42.4 Å². The molecule has 0 saturated heterocycles. The van der Waals surface area contributed by atoms with Crippen LogP contribution in [0.4, 0.5) is 0 Å². The largest absolute Gasteiger partial charge is 0.289 e. The van der Waals surface area contributed by atoms with E-state index in [-0.39, 0.29) is 39.0 Å². The Morgan fingerprint density at radius 2 is 0.883 bits per heavy atom. The van der Waals surface area contributed by atoms with Crippen LogP contribution in [-0.2, 0) is 10.8 Å². The van der Waals surface area contributed by atoms with E-state index < -0.39 is 10.8 Å². The Bertz CT molecular complexity index is 6480. The van der Waals surface area contributed by atoms with E-state index in [2.05, 4.69) is 149 Å².